The summed E-state index contributed by atoms with van der Waals surface area (Å²) in [6.07, 6.45) is 1.99. The minimum atomic E-state index is -0.533. The molecule has 2 unspecified atom stereocenters. The molecule has 0 aromatic rings. The fourth-order valence-electron chi connectivity index (χ4n) is 1.78. The van der Waals surface area contributed by atoms with Gasteiger partial charge in [-0.05, 0) is 32.9 Å². The largest absolute Gasteiger partial charge is 0.387 e. The molecule has 0 amide bonds. The first-order chi connectivity index (χ1) is 5.69. The van der Waals surface area contributed by atoms with Gasteiger partial charge in [-0.25, -0.2) is 0 Å². The van der Waals surface area contributed by atoms with Gasteiger partial charge < -0.3 is 15.7 Å². The molecule has 72 valence electrons. The van der Waals surface area contributed by atoms with Crippen molar-refractivity contribution in [3.05, 3.63) is 0 Å². The van der Waals surface area contributed by atoms with Gasteiger partial charge in [-0.3, -0.25) is 0 Å². The quantitative estimate of drug-likeness (QED) is 0.565. The van der Waals surface area contributed by atoms with Crippen LogP contribution in [0.5, 0.6) is 0 Å². The standard InChI is InChI=1S/C9H20N2O/c1-3-11-8(2)9(12)5-4-6-10-7-9/h8,10-12H,3-7H2,1-2H3. The van der Waals surface area contributed by atoms with Crippen LogP contribution in [0.3, 0.4) is 0 Å². The maximum atomic E-state index is 10.1. The number of rotatable bonds is 3. The zero-order valence-corrected chi connectivity index (χ0v) is 8.06. The number of aliphatic hydroxyl groups is 1. The first kappa shape index (κ1) is 9.96. The Morgan fingerprint density at radius 1 is 1.67 bits per heavy atom. The Hall–Kier alpha value is -0.120. The lowest BCUT2D eigenvalue weighted by Gasteiger charge is -2.38. The smallest absolute Gasteiger partial charge is 0.0921 e. The first-order valence-corrected chi connectivity index (χ1v) is 4.85. The summed E-state index contributed by atoms with van der Waals surface area (Å²) in [5.74, 6) is 0. The molecule has 1 fully saturated rings. The Balaban J connectivity index is 2.44. The van der Waals surface area contributed by atoms with Crippen LogP contribution in [0.1, 0.15) is 26.7 Å². The Morgan fingerprint density at radius 3 is 2.92 bits per heavy atom. The van der Waals surface area contributed by atoms with Crippen molar-refractivity contribution in [1.82, 2.24) is 10.6 Å². The molecule has 1 heterocycles. The number of likely N-dealkylation sites (N-methyl/N-ethyl adjacent to an activating group) is 1. The van der Waals surface area contributed by atoms with Crippen LogP contribution in [0.25, 0.3) is 0 Å². The third kappa shape index (κ3) is 2.19. The van der Waals surface area contributed by atoms with Gasteiger partial charge in [0.05, 0.1) is 5.60 Å². The first-order valence-electron chi connectivity index (χ1n) is 4.85. The molecule has 3 N–H and O–H groups in total. The lowest BCUT2D eigenvalue weighted by Crippen LogP contribution is -2.57. The molecule has 12 heavy (non-hydrogen) atoms. The summed E-state index contributed by atoms with van der Waals surface area (Å²) in [7, 11) is 0. The molecule has 1 aliphatic heterocycles. The number of hydrogen-bond donors (Lipinski definition) is 3. The lowest BCUT2D eigenvalue weighted by molar-refractivity contribution is -0.0128. The molecular weight excluding hydrogens is 152 g/mol. The number of hydrogen-bond acceptors (Lipinski definition) is 3. The van der Waals surface area contributed by atoms with Crippen LogP contribution >= 0.6 is 0 Å². The second-order valence-corrected chi connectivity index (χ2v) is 3.66. The zero-order valence-electron chi connectivity index (χ0n) is 8.06. The van der Waals surface area contributed by atoms with Gasteiger partial charge in [0.25, 0.3) is 0 Å². The molecule has 0 bridgehead atoms. The van der Waals surface area contributed by atoms with E-state index in [-0.39, 0.29) is 6.04 Å². The highest BCUT2D eigenvalue weighted by Gasteiger charge is 2.34. The normalized spacial score (nSPS) is 33.2. The van der Waals surface area contributed by atoms with Crippen LogP contribution in [-0.2, 0) is 0 Å². The third-order valence-electron chi connectivity index (χ3n) is 2.71. The molecule has 0 radical (unpaired) electrons. The van der Waals surface area contributed by atoms with E-state index in [0.717, 1.165) is 32.5 Å². The van der Waals surface area contributed by atoms with E-state index < -0.39 is 5.60 Å². The monoisotopic (exact) mass is 172 g/mol. The van der Waals surface area contributed by atoms with E-state index >= 15 is 0 Å². The van der Waals surface area contributed by atoms with Gasteiger partial charge in [0.2, 0.25) is 0 Å². The molecule has 0 aromatic heterocycles. The Labute approximate surface area is 74.5 Å². The predicted octanol–water partition coefficient (Wildman–Crippen LogP) is 0.0989. The summed E-state index contributed by atoms with van der Waals surface area (Å²) < 4.78 is 0. The minimum Gasteiger partial charge on any atom is -0.387 e. The van der Waals surface area contributed by atoms with E-state index in [4.69, 9.17) is 0 Å². The average molecular weight is 172 g/mol. The van der Waals surface area contributed by atoms with Crippen molar-refractivity contribution >= 4 is 0 Å². The molecule has 0 spiro atoms. The molecule has 2 atom stereocenters. The van der Waals surface area contributed by atoms with Crippen LogP contribution in [-0.4, -0.2) is 36.4 Å². The third-order valence-corrected chi connectivity index (χ3v) is 2.71. The highest BCUT2D eigenvalue weighted by Crippen LogP contribution is 2.19. The van der Waals surface area contributed by atoms with Gasteiger partial charge in [-0.15, -0.1) is 0 Å². The van der Waals surface area contributed by atoms with E-state index in [1.807, 2.05) is 0 Å². The zero-order chi connectivity index (χ0) is 9.03. The van der Waals surface area contributed by atoms with Crippen LogP contribution in [0.4, 0.5) is 0 Å². The Bertz CT molecular complexity index is 132. The van der Waals surface area contributed by atoms with Crippen molar-refractivity contribution < 1.29 is 5.11 Å². The van der Waals surface area contributed by atoms with Gasteiger partial charge >= 0.3 is 0 Å². The molecular formula is C9H20N2O. The lowest BCUT2D eigenvalue weighted by atomic mass is 9.87. The number of β-amino-alcohol motifs (C(OH)–C–C–N with tert-alkyl or cyclic N) is 1. The second-order valence-electron chi connectivity index (χ2n) is 3.66. The van der Waals surface area contributed by atoms with E-state index in [1.54, 1.807) is 0 Å². The molecule has 1 saturated heterocycles. The van der Waals surface area contributed by atoms with Crippen molar-refractivity contribution in [3.8, 4) is 0 Å². The van der Waals surface area contributed by atoms with Gasteiger partial charge in [-0.2, -0.15) is 0 Å². The summed E-state index contributed by atoms with van der Waals surface area (Å²) >= 11 is 0. The molecule has 0 aromatic carbocycles. The van der Waals surface area contributed by atoms with Crippen LogP contribution in [0, 0.1) is 0 Å². The van der Waals surface area contributed by atoms with Gasteiger partial charge in [-0.1, -0.05) is 6.92 Å². The van der Waals surface area contributed by atoms with Crippen LogP contribution in [0.15, 0.2) is 0 Å². The van der Waals surface area contributed by atoms with Crippen molar-refractivity contribution in [2.24, 2.45) is 0 Å². The minimum absolute atomic E-state index is 0.190. The predicted molar refractivity (Wildman–Crippen MR) is 50.2 cm³/mol. The molecule has 0 saturated carbocycles. The SMILES string of the molecule is CCNC(C)C1(O)CCCNC1. The van der Waals surface area contributed by atoms with Crippen molar-refractivity contribution in [2.45, 2.75) is 38.3 Å². The maximum absolute atomic E-state index is 10.1. The summed E-state index contributed by atoms with van der Waals surface area (Å²) in [5, 5.41) is 16.6. The molecule has 1 aliphatic rings. The van der Waals surface area contributed by atoms with Crippen LogP contribution < -0.4 is 10.6 Å². The fraction of sp³-hybridized carbons (Fsp3) is 1.00. The topological polar surface area (TPSA) is 44.3 Å². The van der Waals surface area contributed by atoms with E-state index in [2.05, 4.69) is 24.5 Å². The van der Waals surface area contributed by atoms with E-state index in [1.165, 1.54) is 0 Å². The summed E-state index contributed by atoms with van der Waals surface area (Å²) in [6, 6.07) is 0.190. The number of piperidine rings is 1. The van der Waals surface area contributed by atoms with Crippen molar-refractivity contribution in [2.75, 3.05) is 19.6 Å². The van der Waals surface area contributed by atoms with Crippen LogP contribution in [0.2, 0.25) is 0 Å². The Morgan fingerprint density at radius 2 is 2.42 bits per heavy atom. The summed E-state index contributed by atoms with van der Waals surface area (Å²) in [6.45, 7) is 6.80. The van der Waals surface area contributed by atoms with Crippen molar-refractivity contribution in [3.63, 3.8) is 0 Å². The summed E-state index contributed by atoms with van der Waals surface area (Å²) in [5.41, 5.74) is -0.533. The maximum Gasteiger partial charge on any atom is 0.0921 e. The fourth-order valence-corrected chi connectivity index (χ4v) is 1.78. The summed E-state index contributed by atoms with van der Waals surface area (Å²) in [4.78, 5) is 0. The average Bonchev–Trinajstić information content (AvgIpc) is 2.06. The molecule has 0 aliphatic carbocycles. The Kier molecular flexibility index (Phi) is 3.50. The van der Waals surface area contributed by atoms with Gasteiger partial charge in [0.1, 0.15) is 0 Å². The van der Waals surface area contributed by atoms with Gasteiger partial charge in [0.15, 0.2) is 0 Å². The highest BCUT2D eigenvalue weighted by atomic mass is 16.3. The number of nitrogens with one attached hydrogen (secondary N) is 2. The van der Waals surface area contributed by atoms with E-state index in [0.29, 0.717) is 0 Å². The molecule has 1 rings (SSSR count). The second kappa shape index (κ2) is 4.21. The molecule has 3 heteroatoms. The van der Waals surface area contributed by atoms with E-state index in [9.17, 15) is 5.11 Å². The van der Waals surface area contributed by atoms with Crippen molar-refractivity contribution in [1.29, 1.82) is 0 Å². The molecule has 3 nitrogen and oxygen atoms in total. The van der Waals surface area contributed by atoms with Gasteiger partial charge in [0, 0.05) is 12.6 Å². The highest BCUT2D eigenvalue weighted by molar-refractivity contribution is 4.93.